The summed E-state index contributed by atoms with van der Waals surface area (Å²) in [6.45, 7) is 0. The summed E-state index contributed by atoms with van der Waals surface area (Å²) in [6, 6.07) is 8.80. The van der Waals surface area contributed by atoms with E-state index in [4.69, 9.17) is 11.6 Å². The number of nitrogens with one attached hydrogen (secondary N) is 1. The molecule has 0 aliphatic heterocycles. The van der Waals surface area contributed by atoms with Crippen molar-refractivity contribution in [2.45, 2.75) is 0 Å². The summed E-state index contributed by atoms with van der Waals surface area (Å²) in [7, 11) is 0. The molecule has 0 spiro atoms. The van der Waals surface area contributed by atoms with Crippen molar-refractivity contribution in [2.75, 3.05) is 5.32 Å². The Labute approximate surface area is 138 Å². The molecule has 2 aromatic rings. The Bertz CT molecular complexity index is 704. The quantitative estimate of drug-likeness (QED) is 0.439. The zero-order chi connectivity index (χ0) is 15.6. The number of nitrogens with zero attached hydrogens (tertiary/aromatic N) is 1. The van der Waals surface area contributed by atoms with Crippen molar-refractivity contribution in [1.82, 2.24) is 0 Å². The average Bonchev–Trinajstić information content (AvgIpc) is 2.41. The second kappa shape index (κ2) is 6.27. The van der Waals surface area contributed by atoms with Gasteiger partial charge in [-0.3, -0.25) is 10.1 Å². The van der Waals surface area contributed by atoms with Crippen LogP contribution in [0, 0.1) is 13.7 Å². The number of para-hydroxylation sites is 1. The molecule has 0 aliphatic carbocycles. The molecule has 2 aromatic carbocycles. The van der Waals surface area contributed by atoms with Gasteiger partial charge in [-0.15, -0.1) is 0 Å². The molecule has 0 amide bonds. The van der Waals surface area contributed by atoms with Crippen LogP contribution in [0.1, 0.15) is 10.4 Å². The van der Waals surface area contributed by atoms with Crippen molar-refractivity contribution in [3.63, 3.8) is 0 Å². The molecular weight excluding hydrogens is 411 g/mol. The van der Waals surface area contributed by atoms with E-state index in [0.717, 1.165) is 3.57 Å². The van der Waals surface area contributed by atoms with Crippen LogP contribution >= 0.6 is 34.2 Å². The molecule has 0 aliphatic rings. The van der Waals surface area contributed by atoms with Crippen LogP contribution in [0.3, 0.4) is 0 Å². The summed E-state index contributed by atoms with van der Waals surface area (Å²) in [5.74, 6) is -1.25. The van der Waals surface area contributed by atoms with Gasteiger partial charge < -0.3 is 10.4 Å². The minimum atomic E-state index is -1.25. The molecule has 0 fully saturated rings. The summed E-state index contributed by atoms with van der Waals surface area (Å²) in [4.78, 5) is 21.7. The second-order valence-electron chi connectivity index (χ2n) is 4.01. The number of hydrogen-bond donors (Lipinski definition) is 2. The Morgan fingerprint density at radius 3 is 2.62 bits per heavy atom. The fraction of sp³-hybridized carbons (Fsp3) is 0. The van der Waals surface area contributed by atoms with E-state index in [1.54, 1.807) is 18.2 Å². The lowest BCUT2D eigenvalue weighted by Gasteiger charge is -2.11. The first-order valence-corrected chi connectivity index (χ1v) is 7.08. The smallest absolute Gasteiger partial charge is 0.338 e. The SMILES string of the molecule is O=C(O)c1cccc([N+](=O)[O-])c1Nc1ccc(Cl)cc1I. The van der Waals surface area contributed by atoms with Crippen molar-refractivity contribution in [1.29, 1.82) is 0 Å². The molecule has 0 saturated heterocycles. The molecule has 108 valence electrons. The minimum absolute atomic E-state index is 0.0600. The number of carboxylic acids is 1. The third-order valence-electron chi connectivity index (χ3n) is 2.66. The molecule has 6 nitrogen and oxygen atoms in total. The van der Waals surface area contributed by atoms with Gasteiger partial charge in [-0.1, -0.05) is 17.7 Å². The highest BCUT2D eigenvalue weighted by atomic mass is 127. The number of carbonyl (C=O) groups is 1. The van der Waals surface area contributed by atoms with Gasteiger partial charge in [-0.05, 0) is 46.9 Å². The summed E-state index contributed by atoms with van der Waals surface area (Å²) in [5, 5.41) is 23.6. The van der Waals surface area contributed by atoms with Crippen LogP contribution in [0.2, 0.25) is 5.02 Å². The van der Waals surface area contributed by atoms with Crippen molar-refractivity contribution in [2.24, 2.45) is 0 Å². The summed E-state index contributed by atoms with van der Waals surface area (Å²) in [6.07, 6.45) is 0. The van der Waals surface area contributed by atoms with Crippen LogP contribution in [0.15, 0.2) is 36.4 Å². The van der Waals surface area contributed by atoms with Crippen LogP contribution in [-0.2, 0) is 0 Å². The standard InChI is InChI=1S/C13H8ClIN2O4/c14-7-4-5-10(9(15)6-7)16-12-8(13(18)19)2-1-3-11(12)17(20)21/h1-6,16H,(H,18,19). The third kappa shape index (κ3) is 3.42. The number of nitro benzene ring substituents is 1. The molecule has 0 heterocycles. The van der Waals surface area contributed by atoms with Crippen molar-refractivity contribution in [3.05, 3.63) is 60.7 Å². The minimum Gasteiger partial charge on any atom is -0.478 e. The van der Waals surface area contributed by atoms with Gasteiger partial charge >= 0.3 is 5.97 Å². The van der Waals surface area contributed by atoms with E-state index >= 15 is 0 Å². The van der Waals surface area contributed by atoms with Crippen LogP contribution in [0.25, 0.3) is 0 Å². The Morgan fingerprint density at radius 1 is 1.33 bits per heavy atom. The average molecular weight is 419 g/mol. The first kappa shape index (κ1) is 15.5. The Hall–Kier alpha value is -1.87. The topological polar surface area (TPSA) is 92.5 Å². The normalized spacial score (nSPS) is 10.2. The number of hydrogen-bond acceptors (Lipinski definition) is 4. The number of anilines is 2. The highest BCUT2D eigenvalue weighted by Gasteiger charge is 2.22. The van der Waals surface area contributed by atoms with Gasteiger partial charge in [-0.25, -0.2) is 4.79 Å². The van der Waals surface area contributed by atoms with Gasteiger partial charge in [0.15, 0.2) is 0 Å². The summed E-state index contributed by atoms with van der Waals surface area (Å²) in [5.41, 5.74) is 0.00244. The second-order valence-corrected chi connectivity index (χ2v) is 5.61. The van der Waals surface area contributed by atoms with Crippen molar-refractivity contribution in [3.8, 4) is 0 Å². The molecular formula is C13H8ClIN2O4. The fourth-order valence-corrected chi connectivity index (χ4v) is 2.73. The van der Waals surface area contributed by atoms with Crippen LogP contribution in [0.4, 0.5) is 17.1 Å². The first-order chi connectivity index (χ1) is 9.90. The Morgan fingerprint density at radius 2 is 2.05 bits per heavy atom. The van der Waals surface area contributed by atoms with Crippen LogP contribution < -0.4 is 5.32 Å². The predicted octanol–water partition coefficient (Wildman–Crippen LogP) is 4.29. The molecule has 2 rings (SSSR count). The van der Waals surface area contributed by atoms with E-state index in [0.29, 0.717) is 10.7 Å². The molecule has 0 bridgehead atoms. The zero-order valence-corrected chi connectivity index (χ0v) is 13.3. The number of carboxylic acid groups (broad SMARTS) is 1. The Balaban J connectivity index is 2.56. The number of aromatic carboxylic acids is 1. The Kier molecular flexibility index (Phi) is 4.63. The monoisotopic (exact) mass is 418 g/mol. The molecule has 2 N–H and O–H groups in total. The van der Waals surface area contributed by atoms with Crippen molar-refractivity contribution < 1.29 is 14.8 Å². The number of nitro groups is 1. The molecule has 0 saturated carbocycles. The van der Waals surface area contributed by atoms with E-state index < -0.39 is 10.9 Å². The summed E-state index contributed by atoms with van der Waals surface area (Å²) >= 11 is 7.86. The molecule has 8 heteroatoms. The van der Waals surface area contributed by atoms with Gasteiger partial charge in [0.05, 0.1) is 16.2 Å². The lowest BCUT2D eigenvalue weighted by molar-refractivity contribution is -0.383. The number of rotatable bonds is 4. The fourth-order valence-electron chi connectivity index (χ4n) is 1.73. The first-order valence-electron chi connectivity index (χ1n) is 5.63. The maximum atomic E-state index is 11.2. The predicted molar refractivity (Wildman–Crippen MR) is 87.5 cm³/mol. The van der Waals surface area contributed by atoms with Gasteiger partial charge in [0.25, 0.3) is 5.69 Å². The van der Waals surface area contributed by atoms with E-state index in [2.05, 4.69) is 5.32 Å². The third-order valence-corrected chi connectivity index (χ3v) is 3.79. The zero-order valence-electron chi connectivity index (χ0n) is 10.3. The largest absolute Gasteiger partial charge is 0.478 e. The molecule has 0 radical (unpaired) electrons. The van der Waals surface area contributed by atoms with Crippen LogP contribution in [0.5, 0.6) is 0 Å². The molecule has 0 atom stereocenters. The molecule has 0 unspecified atom stereocenters. The highest BCUT2D eigenvalue weighted by Crippen LogP contribution is 2.33. The lowest BCUT2D eigenvalue weighted by atomic mass is 10.1. The number of halogens is 2. The van der Waals surface area contributed by atoms with Gasteiger partial charge in [0.1, 0.15) is 5.69 Å². The molecule has 21 heavy (non-hydrogen) atoms. The van der Waals surface area contributed by atoms with E-state index in [1.807, 2.05) is 22.6 Å². The molecule has 0 aromatic heterocycles. The van der Waals surface area contributed by atoms with E-state index in [-0.39, 0.29) is 16.9 Å². The van der Waals surface area contributed by atoms with Gasteiger partial charge in [0.2, 0.25) is 0 Å². The van der Waals surface area contributed by atoms with Gasteiger partial charge in [-0.2, -0.15) is 0 Å². The summed E-state index contributed by atoms with van der Waals surface area (Å²) < 4.78 is 0.717. The van der Waals surface area contributed by atoms with Crippen molar-refractivity contribution >= 4 is 57.2 Å². The van der Waals surface area contributed by atoms with Crippen LogP contribution in [-0.4, -0.2) is 16.0 Å². The van der Waals surface area contributed by atoms with Gasteiger partial charge in [0, 0.05) is 14.7 Å². The van der Waals surface area contributed by atoms with E-state index in [9.17, 15) is 20.0 Å². The maximum absolute atomic E-state index is 11.2. The lowest BCUT2D eigenvalue weighted by Crippen LogP contribution is -2.06. The maximum Gasteiger partial charge on any atom is 0.338 e. The number of benzene rings is 2. The van der Waals surface area contributed by atoms with E-state index in [1.165, 1.54) is 18.2 Å². The highest BCUT2D eigenvalue weighted by molar-refractivity contribution is 14.1.